The molecular weight excluding hydrogens is 568 g/mol. The molecule has 0 radical (unpaired) electrons. The predicted octanol–water partition coefficient (Wildman–Crippen LogP) is 7.43. The van der Waals surface area contributed by atoms with Crippen molar-refractivity contribution in [2.45, 2.75) is 60.8 Å². The van der Waals surface area contributed by atoms with Gasteiger partial charge >= 0.3 is 242 Å². The van der Waals surface area contributed by atoms with Crippen molar-refractivity contribution in [3.8, 4) is 0 Å². The first-order valence-corrected chi connectivity index (χ1v) is 17.4. The zero-order valence-corrected chi connectivity index (χ0v) is 24.7. The number of carbonyl (C=O) groups is 2. The molecule has 2 N–H and O–H groups in total. The van der Waals surface area contributed by atoms with E-state index in [0.29, 0.717) is 12.8 Å². The summed E-state index contributed by atoms with van der Waals surface area (Å²) in [5.74, 6) is -4.81. The maximum absolute atomic E-state index is 16.6. The number of allylic oxidation sites excluding steroid dienone is 8. The first-order chi connectivity index (χ1) is 19.7. The second-order valence-corrected chi connectivity index (χ2v) is 16.7. The number of rotatable bonds is 12. The zero-order valence-electron chi connectivity index (χ0n) is 23.2. The third kappa shape index (κ3) is 6.19. The van der Waals surface area contributed by atoms with E-state index < -0.39 is 67.9 Å². The van der Waals surface area contributed by atoms with Gasteiger partial charge in [0.15, 0.2) is 0 Å². The summed E-state index contributed by atoms with van der Waals surface area (Å²) < 4.78 is 63.1. The zero-order chi connectivity index (χ0) is 29.6. The van der Waals surface area contributed by atoms with Gasteiger partial charge in [0.25, 0.3) is 0 Å². The normalized spacial score (nSPS) is 14.8. The van der Waals surface area contributed by atoms with Gasteiger partial charge in [0.05, 0.1) is 0 Å². The van der Waals surface area contributed by atoms with Crippen LogP contribution in [0.2, 0.25) is 8.45 Å². The van der Waals surface area contributed by atoms with E-state index in [1.807, 2.05) is 13.8 Å². The Kier molecular flexibility index (Phi) is 10.2. The number of halogens is 4. The van der Waals surface area contributed by atoms with Crippen LogP contribution in [0.1, 0.15) is 52.4 Å². The van der Waals surface area contributed by atoms with Gasteiger partial charge in [-0.2, -0.15) is 0 Å². The summed E-state index contributed by atoms with van der Waals surface area (Å²) in [7, 11) is 0. The van der Waals surface area contributed by atoms with E-state index in [1.54, 1.807) is 48.6 Å². The van der Waals surface area contributed by atoms with E-state index in [1.165, 1.54) is 0 Å². The Bertz CT molecular complexity index is 1300. The Labute approximate surface area is 241 Å². The summed E-state index contributed by atoms with van der Waals surface area (Å²) in [4.78, 5) is 25.0. The Morgan fingerprint density at radius 2 is 1.02 bits per heavy atom. The van der Waals surface area contributed by atoms with Crippen LogP contribution in [-0.2, 0) is 26.2 Å². The van der Waals surface area contributed by atoms with Crippen molar-refractivity contribution in [1.29, 1.82) is 0 Å². The molecule has 9 heteroatoms. The fourth-order valence-electron chi connectivity index (χ4n) is 5.64. The van der Waals surface area contributed by atoms with E-state index in [4.69, 9.17) is 0 Å². The molecule has 0 spiro atoms. The van der Waals surface area contributed by atoms with Crippen LogP contribution < -0.4 is 18.4 Å². The van der Waals surface area contributed by atoms with Crippen molar-refractivity contribution in [2.75, 3.05) is 10.6 Å². The number of unbranched alkanes of at least 4 members (excludes halogenated alkanes) is 2. The van der Waals surface area contributed by atoms with Gasteiger partial charge in [0, 0.05) is 0 Å². The molecular formula is C32H34F4N2O2Ti. The summed E-state index contributed by atoms with van der Waals surface area (Å²) in [6, 6.07) is 4.38. The molecule has 0 atom stereocenters. The van der Waals surface area contributed by atoms with Crippen molar-refractivity contribution in [1.82, 2.24) is 0 Å². The summed E-state index contributed by atoms with van der Waals surface area (Å²) in [6.07, 6.45) is 16.7. The average molecular weight is 602 g/mol. The molecule has 4 nitrogen and oxygen atoms in total. The second-order valence-electron chi connectivity index (χ2n) is 10.3. The van der Waals surface area contributed by atoms with Gasteiger partial charge in [-0.05, 0) is 0 Å². The van der Waals surface area contributed by atoms with Crippen LogP contribution in [0.3, 0.4) is 0 Å². The summed E-state index contributed by atoms with van der Waals surface area (Å²) >= 11 is -5.01. The SMILES string of the molecule is CCCCC(=O)Nc1ccc(F)[c]([Ti]([c]2c(F)ccc(NC(=O)CCCC)c2F)([CH]2C=CC=C2)[CH]2C=CC=C2)c1F. The van der Waals surface area contributed by atoms with Crippen LogP contribution in [-0.4, -0.2) is 11.8 Å². The quantitative estimate of drug-likeness (QED) is 0.196. The van der Waals surface area contributed by atoms with E-state index in [9.17, 15) is 9.59 Å². The molecule has 2 aromatic carbocycles. The van der Waals surface area contributed by atoms with Crippen LogP contribution in [0.5, 0.6) is 0 Å². The van der Waals surface area contributed by atoms with Crippen molar-refractivity contribution in [3.05, 3.63) is 96.1 Å². The van der Waals surface area contributed by atoms with Gasteiger partial charge in [-0.15, -0.1) is 0 Å². The Balaban J connectivity index is 2.00. The van der Waals surface area contributed by atoms with E-state index >= 15 is 17.6 Å². The molecule has 0 unspecified atom stereocenters. The van der Waals surface area contributed by atoms with E-state index in [0.717, 1.165) is 37.1 Å². The maximum atomic E-state index is 16.6. The molecule has 2 amide bonds. The first kappa shape index (κ1) is 30.7. The Morgan fingerprint density at radius 1 is 0.659 bits per heavy atom. The molecule has 0 aromatic heterocycles. The fourth-order valence-corrected chi connectivity index (χ4v) is 14.4. The summed E-state index contributed by atoms with van der Waals surface area (Å²) in [5, 5.41) is 5.07. The molecule has 41 heavy (non-hydrogen) atoms. The monoisotopic (exact) mass is 602 g/mol. The number of hydrogen-bond donors (Lipinski definition) is 2. The summed E-state index contributed by atoms with van der Waals surface area (Å²) in [5.41, 5.74) is -0.474. The molecule has 2 aliphatic carbocycles. The van der Waals surface area contributed by atoms with Crippen molar-refractivity contribution in [2.24, 2.45) is 0 Å². The van der Waals surface area contributed by atoms with E-state index in [2.05, 4.69) is 10.6 Å². The number of carbonyl (C=O) groups excluding carboxylic acids is 2. The van der Waals surface area contributed by atoms with Crippen LogP contribution in [0.25, 0.3) is 0 Å². The van der Waals surface area contributed by atoms with E-state index in [-0.39, 0.29) is 24.2 Å². The van der Waals surface area contributed by atoms with Gasteiger partial charge in [-0.3, -0.25) is 0 Å². The molecule has 2 aromatic rings. The molecule has 0 aliphatic heterocycles. The van der Waals surface area contributed by atoms with Crippen molar-refractivity contribution in [3.63, 3.8) is 0 Å². The Hall–Kier alpha value is -3.23. The predicted molar refractivity (Wildman–Crippen MR) is 152 cm³/mol. The Morgan fingerprint density at radius 3 is 1.37 bits per heavy atom. The number of hydrogen-bond acceptors (Lipinski definition) is 2. The minimum atomic E-state index is -5.01. The van der Waals surface area contributed by atoms with Gasteiger partial charge in [-0.25, -0.2) is 0 Å². The van der Waals surface area contributed by atoms with Crippen LogP contribution >= 0.6 is 0 Å². The van der Waals surface area contributed by atoms with Crippen molar-refractivity contribution < 1.29 is 43.7 Å². The molecule has 2 aliphatic rings. The number of nitrogens with one attached hydrogen (secondary N) is 2. The first-order valence-electron chi connectivity index (χ1n) is 14.0. The van der Waals surface area contributed by atoms with Gasteiger partial charge in [-0.1, -0.05) is 0 Å². The third-order valence-corrected chi connectivity index (χ3v) is 16.1. The van der Waals surface area contributed by atoms with Gasteiger partial charge in [0.2, 0.25) is 0 Å². The van der Waals surface area contributed by atoms with Crippen LogP contribution in [0.4, 0.5) is 28.9 Å². The average Bonchev–Trinajstić information content (AvgIpc) is 3.69. The number of amides is 2. The number of benzene rings is 2. The topological polar surface area (TPSA) is 58.2 Å². The molecule has 0 heterocycles. The second kappa shape index (κ2) is 13.6. The number of anilines is 2. The molecule has 0 bridgehead atoms. The van der Waals surface area contributed by atoms with Crippen LogP contribution in [0, 0.1) is 23.3 Å². The summed E-state index contributed by atoms with van der Waals surface area (Å²) in [6.45, 7) is 3.83. The fraction of sp³-hybridized carbons (Fsp3) is 0.312. The molecule has 0 fully saturated rings. The molecule has 4 rings (SSSR count). The van der Waals surface area contributed by atoms with Gasteiger partial charge in [0.1, 0.15) is 0 Å². The van der Waals surface area contributed by atoms with Gasteiger partial charge < -0.3 is 0 Å². The minimum absolute atomic E-state index is 0.153. The third-order valence-electron chi connectivity index (χ3n) is 7.62. The molecule has 216 valence electrons. The van der Waals surface area contributed by atoms with Crippen LogP contribution in [0.15, 0.2) is 72.9 Å². The standard InChI is InChI=1S/2C11H12F2NO.2C5H5.Ti/c2*1-2-3-4-11(15)14-10-6-5-8(12)7-9(10)13;2*1-2-4-5-3-1;/h2*5-6H,2-4H2,1H3,(H,14,15);2*1-5H;. The molecule has 0 saturated carbocycles. The molecule has 0 saturated heterocycles. The van der Waals surface area contributed by atoms with Crippen molar-refractivity contribution >= 4 is 30.9 Å².